The molecule has 2 aromatic carbocycles. The Bertz CT molecular complexity index is 960. The molecule has 3 aromatic rings. The van der Waals surface area contributed by atoms with Crippen molar-refractivity contribution in [2.75, 3.05) is 7.11 Å². The van der Waals surface area contributed by atoms with E-state index < -0.39 is 12.0 Å². The molecule has 140 valence electrons. The van der Waals surface area contributed by atoms with E-state index in [4.69, 9.17) is 9.72 Å². The van der Waals surface area contributed by atoms with E-state index in [1.807, 2.05) is 53.4 Å². The van der Waals surface area contributed by atoms with Gasteiger partial charge in [-0.2, -0.15) is 0 Å². The summed E-state index contributed by atoms with van der Waals surface area (Å²) in [6.07, 6.45) is 2.08. The molecular weight excluding hydrogens is 342 g/mol. The van der Waals surface area contributed by atoms with Crippen LogP contribution < -0.4 is 4.74 Å². The van der Waals surface area contributed by atoms with Crippen molar-refractivity contribution in [3.8, 4) is 11.4 Å². The fraction of sp³-hybridized carbons (Fsp3) is 0.333. The van der Waals surface area contributed by atoms with Crippen LogP contribution in [0.4, 0.5) is 0 Å². The number of nitrogens with zero attached hydrogens (tertiary/aromatic N) is 3. The van der Waals surface area contributed by atoms with E-state index in [9.17, 15) is 9.90 Å². The molecule has 0 bridgehead atoms. The number of fused-ring (bicyclic) bond motifs is 1. The van der Waals surface area contributed by atoms with Gasteiger partial charge in [0.05, 0.1) is 24.7 Å². The van der Waals surface area contributed by atoms with Crippen molar-refractivity contribution in [3.05, 3.63) is 54.4 Å². The maximum absolute atomic E-state index is 11.6. The maximum Gasteiger partial charge on any atom is 0.320 e. The van der Waals surface area contributed by atoms with Crippen LogP contribution in [-0.4, -0.2) is 44.7 Å². The predicted molar refractivity (Wildman–Crippen MR) is 103 cm³/mol. The van der Waals surface area contributed by atoms with E-state index >= 15 is 0 Å². The summed E-state index contributed by atoms with van der Waals surface area (Å²) in [4.78, 5) is 18.4. The van der Waals surface area contributed by atoms with Gasteiger partial charge in [0.1, 0.15) is 17.6 Å². The molecule has 6 heteroatoms. The molecule has 4 rings (SSSR count). The van der Waals surface area contributed by atoms with Crippen LogP contribution in [-0.2, 0) is 11.3 Å². The van der Waals surface area contributed by atoms with E-state index in [0.717, 1.165) is 41.1 Å². The number of benzene rings is 2. The molecule has 1 saturated carbocycles. The Labute approximate surface area is 158 Å². The van der Waals surface area contributed by atoms with Crippen molar-refractivity contribution < 1.29 is 14.6 Å². The highest BCUT2D eigenvalue weighted by atomic mass is 16.5. The van der Waals surface area contributed by atoms with Gasteiger partial charge in [0, 0.05) is 11.7 Å². The van der Waals surface area contributed by atoms with Gasteiger partial charge in [-0.3, -0.25) is 14.3 Å². The molecule has 1 aromatic heterocycles. The Morgan fingerprint density at radius 2 is 1.96 bits per heavy atom. The van der Waals surface area contributed by atoms with Gasteiger partial charge < -0.3 is 9.84 Å². The summed E-state index contributed by atoms with van der Waals surface area (Å²) in [6, 6.07) is 15.6. The number of aromatic nitrogens is 2. The summed E-state index contributed by atoms with van der Waals surface area (Å²) < 4.78 is 7.38. The van der Waals surface area contributed by atoms with Gasteiger partial charge in [0.25, 0.3) is 0 Å². The molecule has 0 aliphatic heterocycles. The second kappa shape index (κ2) is 7.04. The standard InChI is InChI=1S/C21H23N3O3/c1-14(21(25)26)23(15-7-8-15)13-20-22-18-5-3-4-6-19(18)24(20)16-9-11-17(27-2)12-10-16/h3-6,9-12,14-15H,7-8,13H2,1-2H3,(H,25,26). The van der Waals surface area contributed by atoms with Crippen molar-refractivity contribution in [2.24, 2.45) is 0 Å². The number of hydrogen-bond donors (Lipinski definition) is 1. The van der Waals surface area contributed by atoms with Crippen molar-refractivity contribution in [1.82, 2.24) is 14.5 Å². The average molecular weight is 365 g/mol. The van der Waals surface area contributed by atoms with E-state index in [-0.39, 0.29) is 0 Å². The van der Waals surface area contributed by atoms with Gasteiger partial charge in [0.2, 0.25) is 0 Å². The van der Waals surface area contributed by atoms with Gasteiger partial charge in [-0.25, -0.2) is 4.98 Å². The number of carbonyl (C=O) groups is 1. The Morgan fingerprint density at radius 3 is 2.59 bits per heavy atom. The molecule has 1 aliphatic carbocycles. The zero-order chi connectivity index (χ0) is 19.0. The van der Waals surface area contributed by atoms with E-state index in [1.54, 1.807) is 14.0 Å². The van der Waals surface area contributed by atoms with Crippen LogP contribution in [0.3, 0.4) is 0 Å². The van der Waals surface area contributed by atoms with Gasteiger partial charge in [-0.1, -0.05) is 12.1 Å². The molecule has 1 atom stereocenters. The van der Waals surface area contributed by atoms with E-state index in [2.05, 4.69) is 4.57 Å². The van der Waals surface area contributed by atoms with Gasteiger partial charge in [-0.05, 0) is 56.2 Å². The minimum Gasteiger partial charge on any atom is -0.497 e. The first-order valence-electron chi connectivity index (χ1n) is 9.18. The fourth-order valence-corrected chi connectivity index (χ4v) is 3.49. The van der Waals surface area contributed by atoms with Crippen LogP contribution in [0.5, 0.6) is 5.75 Å². The van der Waals surface area contributed by atoms with E-state index in [1.165, 1.54) is 0 Å². The Balaban J connectivity index is 1.78. The smallest absolute Gasteiger partial charge is 0.320 e. The van der Waals surface area contributed by atoms with E-state index in [0.29, 0.717) is 12.6 Å². The number of rotatable bonds is 7. The quantitative estimate of drug-likeness (QED) is 0.694. The third kappa shape index (κ3) is 3.40. The Morgan fingerprint density at radius 1 is 1.26 bits per heavy atom. The number of carboxylic acid groups (broad SMARTS) is 1. The maximum atomic E-state index is 11.6. The molecule has 0 spiro atoms. The molecule has 0 amide bonds. The highest BCUT2D eigenvalue weighted by Gasteiger charge is 2.36. The van der Waals surface area contributed by atoms with Crippen LogP contribution in [0.2, 0.25) is 0 Å². The second-order valence-corrected chi connectivity index (χ2v) is 6.97. The van der Waals surface area contributed by atoms with Gasteiger partial charge in [-0.15, -0.1) is 0 Å². The van der Waals surface area contributed by atoms with Crippen LogP contribution in [0.15, 0.2) is 48.5 Å². The molecule has 1 fully saturated rings. The van der Waals surface area contributed by atoms with Crippen LogP contribution in [0.25, 0.3) is 16.7 Å². The lowest BCUT2D eigenvalue weighted by molar-refractivity contribution is -0.143. The lowest BCUT2D eigenvalue weighted by Gasteiger charge is -2.26. The normalized spacial score (nSPS) is 15.2. The largest absolute Gasteiger partial charge is 0.497 e. The zero-order valence-corrected chi connectivity index (χ0v) is 15.5. The first-order valence-corrected chi connectivity index (χ1v) is 9.18. The molecule has 1 heterocycles. The second-order valence-electron chi connectivity index (χ2n) is 6.97. The first kappa shape index (κ1) is 17.5. The van der Waals surface area contributed by atoms with Crippen LogP contribution in [0.1, 0.15) is 25.6 Å². The summed E-state index contributed by atoms with van der Waals surface area (Å²) >= 11 is 0. The SMILES string of the molecule is COc1ccc(-n2c(CN(C3CC3)C(C)C(=O)O)nc3ccccc32)cc1. The number of methoxy groups -OCH3 is 1. The summed E-state index contributed by atoms with van der Waals surface area (Å²) in [5.41, 5.74) is 2.90. The molecule has 1 aliphatic rings. The van der Waals surface area contributed by atoms with Gasteiger partial charge >= 0.3 is 5.97 Å². The number of aliphatic carboxylic acids is 1. The highest BCUT2D eigenvalue weighted by Crippen LogP contribution is 2.32. The molecule has 0 radical (unpaired) electrons. The minimum atomic E-state index is -0.797. The number of imidazole rings is 1. The fourth-order valence-electron chi connectivity index (χ4n) is 3.49. The number of carboxylic acids is 1. The minimum absolute atomic E-state index is 0.320. The third-order valence-corrected chi connectivity index (χ3v) is 5.16. The lowest BCUT2D eigenvalue weighted by atomic mass is 10.2. The summed E-state index contributed by atoms with van der Waals surface area (Å²) in [6.45, 7) is 2.25. The highest BCUT2D eigenvalue weighted by molar-refractivity contribution is 5.78. The van der Waals surface area contributed by atoms with Crippen molar-refractivity contribution >= 4 is 17.0 Å². The van der Waals surface area contributed by atoms with Crippen LogP contribution in [0, 0.1) is 0 Å². The molecule has 1 unspecified atom stereocenters. The monoisotopic (exact) mass is 365 g/mol. The zero-order valence-electron chi connectivity index (χ0n) is 15.5. The van der Waals surface area contributed by atoms with Crippen molar-refractivity contribution in [2.45, 2.75) is 38.4 Å². The summed E-state index contributed by atoms with van der Waals surface area (Å²) in [7, 11) is 1.65. The number of para-hydroxylation sites is 2. The van der Waals surface area contributed by atoms with Crippen molar-refractivity contribution in [1.29, 1.82) is 0 Å². The molecule has 0 saturated heterocycles. The first-order chi connectivity index (χ1) is 13.1. The third-order valence-electron chi connectivity index (χ3n) is 5.16. The number of hydrogen-bond acceptors (Lipinski definition) is 4. The van der Waals surface area contributed by atoms with Gasteiger partial charge in [0.15, 0.2) is 0 Å². The Kier molecular flexibility index (Phi) is 4.58. The molecular formula is C21H23N3O3. The predicted octanol–water partition coefficient (Wildman–Crippen LogP) is 3.47. The summed E-state index contributed by atoms with van der Waals surface area (Å²) in [5, 5.41) is 9.51. The number of ether oxygens (including phenoxy) is 1. The van der Waals surface area contributed by atoms with Crippen molar-refractivity contribution in [3.63, 3.8) is 0 Å². The molecule has 6 nitrogen and oxygen atoms in total. The summed E-state index contributed by atoms with van der Waals surface area (Å²) in [5.74, 6) is 0.846. The van der Waals surface area contributed by atoms with Crippen LogP contribution >= 0.6 is 0 Å². The molecule has 27 heavy (non-hydrogen) atoms. The topological polar surface area (TPSA) is 67.6 Å². The lowest BCUT2D eigenvalue weighted by Crippen LogP contribution is -2.40. The average Bonchev–Trinajstić information content (AvgIpc) is 3.46. The molecule has 1 N–H and O–H groups in total. The Hall–Kier alpha value is -2.86.